The Labute approximate surface area is 180 Å². The number of aryl methyl sites for hydroxylation is 1. The zero-order valence-electron chi connectivity index (χ0n) is 17.4. The monoisotopic (exact) mass is 416 g/mol. The predicted octanol–water partition coefficient (Wildman–Crippen LogP) is 3.95. The van der Waals surface area contributed by atoms with E-state index in [2.05, 4.69) is 34.7 Å². The van der Waals surface area contributed by atoms with Crippen LogP contribution in [-0.4, -0.2) is 31.8 Å². The molecular formula is C23H24N6O2. The quantitative estimate of drug-likeness (QED) is 0.465. The first kappa shape index (κ1) is 19.3. The smallest absolute Gasteiger partial charge is 0.231 e. The Kier molecular flexibility index (Phi) is 5.35. The molecule has 0 unspecified atom stereocenters. The van der Waals surface area contributed by atoms with Crippen LogP contribution in [0.25, 0.3) is 11.2 Å². The van der Waals surface area contributed by atoms with E-state index in [1.807, 2.05) is 41.1 Å². The minimum absolute atomic E-state index is 0.268. The number of unbranched alkanes of at least 4 members (excludes halogenated alkanes) is 1. The molecule has 5 rings (SSSR count). The third-order valence-corrected chi connectivity index (χ3v) is 5.24. The van der Waals surface area contributed by atoms with Gasteiger partial charge in [-0.3, -0.25) is 0 Å². The van der Waals surface area contributed by atoms with Gasteiger partial charge in [0, 0.05) is 13.0 Å². The van der Waals surface area contributed by atoms with Crippen LogP contribution in [0.15, 0.2) is 48.5 Å². The lowest BCUT2D eigenvalue weighted by molar-refractivity contribution is 0.174. The molecule has 8 heteroatoms. The number of ether oxygens (including phenoxy) is 2. The molecule has 1 aliphatic rings. The summed E-state index contributed by atoms with van der Waals surface area (Å²) >= 11 is 0. The number of hydrogen-bond donors (Lipinski definition) is 1. The van der Waals surface area contributed by atoms with Crippen molar-refractivity contribution in [3.8, 4) is 11.5 Å². The van der Waals surface area contributed by atoms with Gasteiger partial charge in [0.1, 0.15) is 5.82 Å². The molecule has 0 atom stereocenters. The second kappa shape index (κ2) is 8.59. The first-order chi connectivity index (χ1) is 15.3. The van der Waals surface area contributed by atoms with E-state index in [9.17, 15) is 0 Å². The molecule has 2 aromatic carbocycles. The van der Waals surface area contributed by atoms with Crippen molar-refractivity contribution < 1.29 is 9.47 Å². The van der Waals surface area contributed by atoms with E-state index in [0.717, 1.165) is 53.4 Å². The summed E-state index contributed by atoms with van der Waals surface area (Å²) in [5.74, 6) is 3.05. The Morgan fingerprint density at radius 3 is 2.74 bits per heavy atom. The van der Waals surface area contributed by atoms with Gasteiger partial charge < -0.3 is 14.8 Å². The van der Waals surface area contributed by atoms with Gasteiger partial charge in [0.25, 0.3) is 0 Å². The van der Waals surface area contributed by atoms with Gasteiger partial charge in [-0.15, -0.1) is 5.10 Å². The van der Waals surface area contributed by atoms with Crippen LogP contribution in [0.3, 0.4) is 0 Å². The Morgan fingerprint density at radius 1 is 1.00 bits per heavy atom. The number of nitrogens with zero attached hydrogens (tertiary/aromatic N) is 5. The van der Waals surface area contributed by atoms with Gasteiger partial charge in [-0.05, 0) is 29.7 Å². The van der Waals surface area contributed by atoms with Gasteiger partial charge in [-0.25, -0.2) is 14.6 Å². The fourth-order valence-corrected chi connectivity index (χ4v) is 3.57. The highest BCUT2D eigenvalue weighted by Gasteiger charge is 2.16. The molecule has 0 radical (unpaired) electrons. The number of aromatic nitrogens is 5. The fourth-order valence-electron chi connectivity index (χ4n) is 3.57. The molecule has 0 fully saturated rings. The van der Waals surface area contributed by atoms with E-state index < -0.39 is 0 Å². The molecule has 0 amide bonds. The molecule has 4 aromatic rings. The number of benzene rings is 2. The topological polar surface area (TPSA) is 87.0 Å². The molecule has 1 aliphatic heterocycles. The number of fused-ring (bicyclic) bond motifs is 2. The molecule has 31 heavy (non-hydrogen) atoms. The van der Waals surface area contributed by atoms with Crippen molar-refractivity contribution in [3.63, 3.8) is 0 Å². The summed E-state index contributed by atoms with van der Waals surface area (Å²) < 4.78 is 12.7. The van der Waals surface area contributed by atoms with Crippen LogP contribution < -0.4 is 14.8 Å². The van der Waals surface area contributed by atoms with E-state index in [1.165, 1.54) is 0 Å². The van der Waals surface area contributed by atoms with Crippen molar-refractivity contribution >= 4 is 17.0 Å². The summed E-state index contributed by atoms with van der Waals surface area (Å²) in [6, 6.07) is 16.1. The van der Waals surface area contributed by atoms with E-state index in [0.29, 0.717) is 24.4 Å². The van der Waals surface area contributed by atoms with Crippen molar-refractivity contribution in [2.45, 2.75) is 39.3 Å². The third kappa shape index (κ3) is 4.14. The van der Waals surface area contributed by atoms with Crippen LogP contribution in [-0.2, 0) is 19.5 Å². The summed E-state index contributed by atoms with van der Waals surface area (Å²) in [5, 5.41) is 12.2. The Morgan fingerprint density at radius 2 is 1.87 bits per heavy atom. The maximum atomic E-state index is 5.48. The minimum Gasteiger partial charge on any atom is -0.454 e. The van der Waals surface area contributed by atoms with Crippen molar-refractivity contribution in [2.75, 3.05) is 12.1 Å². The van der Waals surface area contributed by atoms with E-state index >= 15 is 0 Å². The van der Waals surface area contributed by atoms with E-state index in [1.54, 1.807) is 0 Å². The van der Waals surface area contributed by atoms with Gasteiger partial charge in [-0.2, -0.15) is 0 Å². The lowest BCUT2D eigenvalue weighted by atomic mass is 10.2. The number of hydrogen-bond acceptors (Lipinski definition) is 7. The van der Waals surface area contributed by atoms with Gasteiger partial charge in [0.05, 0.1) is 6.54 Å². The highest BCUT2D eigenvalue weighted by Crippen LogP contribution is 2.32. The molecule has 0 saturated carbocycles. The molecule has 0 bridgehead atoms. The first-order valence-corrected chi connectivity index (χ1v) is 10.6. The molecule has 3 heterocycles. The SMILES string of the molecule is CCCCc1nc(NCc2ccc3c(c2)OCO3)c2nnn(Cc3ccccc3)c2n1. The summed E-state index contributed by atoms with van der Waals surface area (Å²) in [6.45, 7) is 3.63. The van der Waals surface area contributed by atoms with Gasteiger partial charge in [-0.1, -0.05) is 55.0 Å². The summed E-state index contributed by atoms with van der Waals surface area (Å²) in [7, 11) is 0. The van der Waals surface area contributed by atoms with Crippen molar-refractivity contribution in [1.82, 2.24) is 25.0 Å². The van der Waals surface area contributed by atoms with Gasteiger partial charge in [0.15, 0.2) is 28.5 Å². The van der Waals surface area contributed by atoms with E-state index in [4.69, 9.17) is 19.4 Å². The standard InChI is InChI=1S/C23H24N6O2/c1-2-3-9-20-25-22(24-13-17-10-11-18-19(12-17)31-15-30-18)21-23(26-20)29(28-27-21)14-16-7-5-4-6-8-16/h4-8,10-12H,2-3,9,13-15H2,1H3,(H,24,25,26). The lowest BCUT2D eigenvalue weighted by Crippen LogP contribution is -2.08. The molecule has 0 spiro atoms. The van der Waals surface area contributed by atoms with Crippen LogP contribution in [0, 0.1) is 0 Å². The maximum Gasteiger partial charge on any atom is 0.231 e. The minimum atomic E-state index is 0.268. The highest BCUT2D eigenvalue weighted by molar-refractivity contribution is 5.82. The van der Waals surface area contributed by atoms with Gasteiger partial charge in [0.2, 0.25) is 6.79 Å². The van der Waals surface area contributed by atoms with Crippen molar-refractivity contribution in [3.05, 3.63) is 65.5 Å². The van der Waals surface area contributed by atoms with Crippen LogP contribution in [0.5, 0.6) is 11.5 Å². The van der Waals surface area contributed by atoms with Crippen LogP contribution in [0.2, 0.25) is 0 Å². The molecular weight excluding hydrogens is 392 g/mol. The Balaban J connectivity index is 1.44. The second-order valence-electron chi connectivity index (χ2n) is 7.54. The zero-order chi connectivity index (χ0) is 21.0. The van der Waals surface area contributed by atoms with Crippen LogP contribution in [0.1, 0.15) is 36.7 Å². The first-order valence-electron chi connectivity index (χ1n) is 10.6. The van der Waals surface area contributed by atoms with Crippen LogP contribution >= 0.6 is 0 Å². The van der Waals surface area contributed by atoms with Gasteiger partial charge >= 0.3 is 0 Å². The normalized spacial score (nSPS) is 12.4. The second-order valence-corrected chi connectivity index (χ2v) is 7.54. The molecule has 1 N–H and O–H groups in total. The lowest BCUT2D eigenvalue weighted by Gasteiger charge is -2.09. The van der Waals surface area contributed by atoms with Crippen molar-refractivity contribution in [2.24, 2.45) is 0 Å². The number of anilines is 1. The average Bonchev–Trinajstić information content (AvgIpc) is 3.43. The molecule has 8 nitrogen and oxygen atoms in total. The summed E-state index contributed by atoms with van der Waals surface area (Å²) in [4.78, 5) is 9.53. The van der Waals surface area contributed by atoms with Crippen molar-refractivity contribution in [1.29, 1.82) is 0 Å². The molecule has 158 valence electrons. The summed E-state index contributed by atoms with van der Waals surface area (Å²) in [6.07, 6.45) is 2.94. The largest absolute Gasteiger partial charge is 0.454 e. The Hall–Kier alpha value is -3.68. The van der Waals surface area contributed by atoms with Crippen LogP contribution in [0.4, 0.5) is 5.82 Å². The number of nitrogens with one attached hydrogen (secondary N) is 1. The average molecular weight is 416 g/mol. The maximum absolute atomic E-state index is 5.48. The highest BCUT2D eigenvalue weighted by atomic mass is 16.7. The fraction of sp³-hybridized carbons (Fsp3) is 0.304. The molecule has 0 saturated heterocycles. The molecule has 2 aromatic heterocycles. The predicted molar refractivity (Wildman–Crippen MR) is 117 cm³/mol. The Bertz CT molecular complexity index is 1190. The summed E-state index contributed by atoms with van der Waals surface area (Å²) in [5.41, 5.74) is 3.65. The molecule has 0 aliphatic carbocycles. The van der Waals surface area contributed by atoms with E-state index in [-0.39, 0.29) is 6.79 Å². The zero-order valence-corrected chi connectivity index (χ0v) is 17.4. The third-order valence-electron chi connectivity index (χ3n) is 5.24. The number of rotatable bonds is 8.